The van der Waals surface area contributed by atoms with Crippen LogP contribution in [0.2, 0.25) is 0 Å². The fourth-order valence-corrected chi connectivity index (χ4v) is 2.57. The zero-order chi connectivity index (χ0) is 19.8. The first-order valence-corrected chi connectivity index (χ1v) is 8.96. The van der Waals surface area contributed by atoms with Crippen LogP contribution >= 0.6 is 0 Å². The highest BCUT2D eigenvalue weighted by molar-refractivity contribution is 5.95. The number of esters is 1. The number of aryl methyl sites for hydroxylation is 1. The van der Waals surface area contributed by atoms with Crippen molar-refractivity contribution in [1.29, 1.82) is 0 Å². The van der Waals surface area contributed by atoms with Gasteiger partial charge in [-0.2, -0.15) is 0 Å². The zero-order valence-corrected chi connectivity index (χ0v) is 15.5. The molecule has 1 heterocycles. The average Bonchev–Trinajstić information content (AvgIpc) is 3.20. The van der Waals surface area contributed by atoms with Gasteiger partial charge in [0.1, 0.15) is 12.4 Å². The van der Waals surface area contributed by atoms with Crippen LogP contribution in [0.15, 0.2) is 71.3 Å². The van der Waals surface area contributed by atoms with Crippen molar-refractivity contribution in [2.75, 3.05) is 11.9 Å². The Hall–Kier alpha value is -3.54. The fourth-order valence-electron chi connectivity index (χ4n) is 2.57. The Balaban J connectivity index is 1.52. The molecule has 0 unspecified atom stereocenters. The molecule has 0 fully saturated rings. The van der Waals surface area contributed by atoms with E-state index < -0.39 is 18.5 Å². The number of carbonyl (C=O) groups excluding carboxylic acids is 2. The molecular weight excluding hydrogens is 358 g/mol. The molecule has 0 atom stereocenters. The summed E-state index contributed by atoms with van der Waals surface area (Å²) in [6, 6.07) is 18.4. The van der Waals surface area contributed by atoms with E-state index in [1.165, 1.54) is 6.26 Å². The van der Waals surface area contributed by atoms with Gasteiger partial charge < -0.3 is 19.2 Å². The van der Waals surface area contributed by atoms with Crippen molar-refractivity contribution in [1.82, 2.24) is 0 Å². The summed E-state index contributed by atoms with van der Waals surface area (Å²) in [5, 5.41) is 2.71. The molecule has 3 aromatic rings. The smallest absolute Gasteiger partial charge is 0.375 e. The standard InChI is InChI=1S/C22H21NO5/c1-2-16-7-6-8-18(13-16)23-20(24)15-28-22(25)21-17(11-12-26-21)14-27-19-9-4-3-5-10-19/h3-13H,2,14-15H2,1H3,(H,23,24). The minimum Gasteiger partial charge on any atom is -0.489 e. The topological polar surface area (TPSA) is 77.8 Å². The van der Waals surface area contributed by atoms with Crippen molar-refractivity contribution in [3.8, 4) is 5.75 Å². The van der Waals surface area contributed by atoms with E-state index in [4.69, 9.17) is 13.9 Å². The van der Waals surface area contributed by atoms with Gasteiger partial charge >= 0.3 is 5.97 Å². The molecule has 28 heavy (non-hydrogen) atoms. The Labute approximate surface area is 163 Å². The van der Waals surface area contributed by atoms with Crippen LogP contribution in [0, 0.1) is 0 Å². The molecule has 2 aromatic carbocycles. The molecule has 0 spiro atoms. The van der Waals surface area contributed by atoms with Gasteiger partial charge in [-0.05, 0) is 42.3 Å². The summed E-state index contributed by atoms with van der Waals surface area (Å²) in [6.07, 6.45) is 2.25. The molecule has 1 aromatic heterocycles. The number of ether oxygens (including phenoxy) is 2. The number of anilines is 1. The molecule has 0 saturated carbocycles. The quantitative estimate of drug-likeness (QED) is 0.593. The third-order valence-corrected chi connectivity index (χ3v) is 4.02. The third kappa shape index (κ3) is 5.23. The molecule has 1 N–H and O–H groups in total. The highest BCUT2D eigenvalue weighted by Crippen LogP contribution is 2.17. The van der Waals surface area contributed by atoms with Crippen molar-refractivity contribution >= 4 is 17.6 Å². The van der Waals surface area contributed by atoms with Crippen LogP contribution in [0.25, 0.3) is 0 Å². The fraction of sp³-hybridized carbons (Fsp3) is 0.182. The number of nitrogens with one attached hydrogen (secondary N) is 1. The molecule has 3 rings (SSSR count). The molecule has 0 bridgehead atoms. The van der Waals surface area contributed by atoms with Gasteiger partial charge in [0.05, 0.1) is 6.26 Å². The molecule has 0 saturated heterocycles. The normalized spacial score (nSPS) is 10.3. The Kier molecular flexibility index (Phi) is 6.46. The largest absolute Gasteiger partial charge is 0.489 e. The van der Waals surface area contributed by atoms with Gasteiger partial charge in [-0.1, -0.05) is 37.3 Å². The van der Waals surface area contributed by atoms with Gasteiger partial charge in [0.2, 0.25) is 5.76 Å². The molecule has 1 amide bonds. The van der Waals surface area contributed by atoms with Crippen molar-refractivity contribution in [2.45, 2.75) is 20.0 Å². The maximum absolute atomic E-state index is 12.2. The average molecular weight is 379 g/mol. The summed E-state index contributed by atoms with van der Waals surface area (Å²) >= 11 is 0. The number of benzene rings is 2. The highest BCUT2D eigenvalue weighted by Gasteiger charge is 2.19. The summed E-state index contributed by atoms with van der Waals surface area (Å²) in [5.74, 6) is -0.433. The lowest BCUT2D eigenvalue weighted by Gasteiger charge is -2.08. The lowest BCUT2D eigenvalue weighted by molar-refractivity contribution is -0.119. The second kappa shape index (κ2) is 9.41. The van der Waals surface area contributed by atoms with Gasteiger partial charge in [-0.15, -0.1) is 0 Å². The summed E-state index contributed by atoms with van der Waals surface area (Å²) in [4.78, 5) is 24.3. The number of carbonyl (C=O) groups is 2. The van der Waals surface area contributed by atoms with Crippen LogP contribution < -0.4 is 10.1 Å². The Morgan fingerprint density at radius 2 is 1.86 bits per heavy atom. The monoisotopic (exact) mass is 379 g/mol. The molecule has 0 radical (unpaired) electrons. The molecule has 0 aliphatic rings. The summed E-state index contributed by atoms with van der Waals surface area (Å²) < 4.78 is 15.9. The van der Waals surface area contributed by atoms with Crippen LogP contribution in [-0.2, 0) is 22.6 Å². The highest BCUT2D eigenvalue weighted by atomic mass is 16.5. The van der Waals surface area contributed by atoms with Crippen molar-refractivity contribution < 1.29 is 23.5 Å². The first-order valence-electron chi connectivity index (χ1n) is 8.96. The van der Waals surface area contributed by atoms with Crippen LogP contribution in [0.1, 0.15) is 28.6 Å². The van der Waals surface area contributed by atoms with Gasteiger partial charge in [-0.3, -0.25) is 4.79 Å². The van der Waals surface area contributed by atoms with Crippen LogP contribution in [0.3, 0.4) is 0 Å². The minimum atomic E-state index is -0.714. The van der Waals surface area contributed by atoms with Gasteiger partial charge in [0.15, 0.2) is 6.61 Å². The van der Waals surface area contributed by atoms with E-state index in [1.54, 1.807) is 12.1 Å². The SMILES string of the molecule is CCc1cccc(NC(=O)COC(=O)c2occc2COc2ccccc2)c1. The van der Waals surface area contributed by atoms with Gasteiger partial charge in [-0.25, -0.2) is 4.79 Å². The Morgan fingerprint density at radius 3 is 2.64 bits per heavy atom. The van der Waals surface area contributed by atoms with Crippen LogP contribution in [0.4, 0.5) is 5.69 Å². The number of rotatable bonds is 8. The first kappa shape index (κ1) is 19.2. The molecule has 6 heteroatoms. The lowest BCUT2D eigenvalue weighted by atomic mass is 10.1. The minimum absolute atomic E-state index is 0.0247. The predicted molar refractivity (Wildman–Crippen MR) is 104 cm³/mol. The van der Waals surface area contributed by atoms with E-state index in [0.29, 0.717) is 17.0 Å². The predicted octanol–water partition coefficient (Wildman–Crippen LogP) is 4.22. The van der Waals surface area contributed by atoms with Crippen molar-refractivity contribution in [3.63, 3.8) is 0 Å². The number of hydrogen-bond donors (Lipinski definition) is 1. The number of amides is 1. The second-order valence-corrected chi connectivity index (χ2v) is 6.05. The van der Waals surface area contributed by atoms with Crippen LogP contribution in [0.5, 0.6) is 5.75 Å². The van der Waals surface area contributed by atoms with Crippen molar-refractivity contribution in [2.24, 2.45) is 0 Å². The summed E-state index contributed by atoms with van der Waals surface area (Å²) in [6.45, 7) is 1.78. The first-order chi connectivity index (χ1) is 13.7. The molecule has 6 nitrogen and oxygen atoms in total. The molecule has 0 aliphatic heterocycles. The van der Waals surface area contributed by atoms with E-state index in [9.17, 15) is 9.59 Å². The summed E-state index contributed by atoms with van der Waals surface area (Å²) in [5.41, 5.74) is 2.31. The van der Waals surface area contributed by atoms with E-state index in [1.807, 2.05) is 55.5 Å². The zero-order valence-electron chi connectivity index (χ0n) is 15.5. The van der Waals surface area contributed by atoms with E-state index in [0.717, 1.165) is 12.0 Å². The second-order valence-electron chi connectivity index (χ2n) is 6.05. The number of para-hydroxylation sites is 1. The van der Waals surface area contributed by atoms with E-state index >= 15 is 0 Å². The third-order valence-electron chi connectivity index (χ3n) is 4.02. The Morgan fingerprint density at radius 1 is 1.04 bits per heavy atom. The van der Waals surface area contributed by atoms with Crippen LogP contribution in [-0.4, -0.2) is 18.5 Å². The molecule has 0 aliphatic carbocycles. The summed E-state index contributed by atoms with van der Waals surface area (Å²) in [7, 11) is 0. The maximum atomic E-state index is 12.2. The maximum Gasteiger partial charge on any atom is 0.375 e. The number of hydrogen-bond acceptors (Lipinski definition) is 5. The number of furan rings is 1. The molecular formula is C22H21NO5. The van der Waals surface area contributed by atoms with E-state index in [2.05, 4.69) is 5.32 Å². The van der Waals surface area contributed by atoms with E-state index in [-0.39, 0.29) is 12.4 Å². The Bertz CT molecular complexity index is 933. The van der Waals surface area contributed by atoms with Gasteiger partial charge in [0, 0.05) is 11.3 Å². The molecule has 144 valence electrons. The lowest BCUT2D eigenvalue weighted by Crippen LogP contribution is -2.21. The van der Waals surface area contributed by atoms with Gasteiger partial charge in [0.25, 0.3) is 5.91 Å². The van der Waals surface area contributed by atoms with Crippen molar-refractivity contribution in [3.05, 3.63) is 83.8 Å².